The molecule has 0 unspecified atom stereocenters. The van der Waals surface area contributed by atoms with E-state index < -0.39 is 5.82 Å². The van der Waals surface area contributed by atoms with Crippen LogP contribution in [0.5, 0.6) is 0 Å². The molecule has 28 heavy (non-hydrogen) atoms. The number of nitrogens with one attached hydrogen (secondary N) is 1. The zero-order chi connectivity index (χ0) is 19.7. The van der Waals surface area contributed by atoms with Crippen molar-refractivity contribution in [3.05, 3.63) is 76.0 Å². The van der Waals surface area contributed by atoms with Crippen molar-refractivity contribution in [3.63, 3.8) is 0 Å². The molecule has 0 aliphatic carbocycles. The first-order valence-electron chi connectivity index (χ1n) is 8.51. The van der Waals surface area contributed by atoms with E-state index in [-0.39, 0.29) is 29.1 Å². The highest BCUT2D eigenvalue weighted by atomic mass is 35.5. The van der Waals surface area contributed by atoms with Crippen molar-refractivity contribution >= 4 is 40.0 Å². The Morgan fingerprint density at radius 1 is 1.21 bits per heavy atom. The Kier molecular flexibility index (Phi) is 5.19. The second kappa shape index (κ2) is 7.77. The summed E-state index contributed by atoms with van der Waals surface area (Å²) in [5.41, 5.74) is 2.72. The molecule has 0 bridgehead atoms. The van der Waals surface area contributed by atoms with Gasteiger partial charge in [0.05, 0.1) is 12.2 Å². The van der Waals surface area contributed by atoms with E-state index >= 15 is 0 Å². The van der Waals surface area contributed by atoms with Crippen LogP contribution in [0.2, 0.25) is 5.02 Å². The lowest BCUT2D eigenvalue weighted by molar-refractivity contribution is 0.102. The predicted octanol–water partition coefficient (Wildman–Crippen LogP) is 5.22. The summed E-state index contributed by atoms with van der Waals surface area (Å²) in [5, 5.41) is 9.31. The number of ketones is 1. The van der Waals surface area contributed by atoms with Gasteiger partial charge >= 0.3 is 0 Å². The Balaban J connectivity index is 1.46. The van der Waals surface area contributed by atoms with E-state index in [9.17, 15) is 9.18 Å². The minimum absolute atomic E-state index is 0.0307. The second-order valence-corrected chi connectivity index (χ2v) is 7.55. The van der Waals surface area contributed by atoms with Crippen LogP contribution in [-0.4, -0.2) is 26.7 Å². The molecule has 0 fully saturated rings. The average Bonchev–Trinajstić information content (AvgIpc) is 3.26. The highest BCUT2D eigenvalue weighted by Gasteiger charge is 2.18. The number of Topliss-reactive ketones (excluding diaryl/α,β-unsaturated/α-hetero) is 1. The maximum atomic E-state index is 13.9. The van der Waals surface area contributed by atoms with Crippen LogP contribution >= 0.6 is 23.4 Å². The topological polar surface area (TPSA) is 71.8 Å². The number of aromatic amines is 1. The zero-order valence-corrected chi connectivity index (χ0v) is 16.4. The molecule has 0 aliphatic heterocycles. The van der Waals surface area contributed by atoms with Gasteiger partial charge in [-0.15, -0.1) is 10.2 Å². The Bertz CT molecular complexity index is 1150. The molecule has 0 radical (unpaired) electrons. The predicted molar refractivity (Wildman–Crippen MR) is 107 cm³/mol. The lowest BCUT2D eigenvalue weighted by Crippen LogP contribution is -2.03. The van der Waals surface area contributed by atoms with E-state index in [0.717, 1.165) is 28.4 Å². The molecule has 0 saturated carbocycles. The third-order valence-corrected chi connectivity index (χ3v) is 5.51. The number of thioether (sulfide) groups is 1. The van der Waals surface area contributed by atoms with E-state index in [4.69, 9.17) is 16.0 Å². The van der Waals surface area contributed by atoms with Crippen LogP contribution in [-0.2, 0) is 6.42 Å². The SMILES string of the molecule is Cc1[nH]c2ccccc2c1C(=O)CSc1nnc(Cc2c(F)cccc2Cl)o1. The summed E-state index contributed by atoms with van der Waals surface area (Å²) in [6.07, 6.45) is 0.0918. The van der Waals surface area contributed by atoms with Crippen LogP contribution in [0.4, 0.5) is 4.39 Å². The molecule has 1 N–H and O–H groups in total. The second-order valence-electron chi connectivity index (χ2n) is 6.22. The van der Waals surface area contributed by atoms with Gasteiger partial charge in [0.25, 0.3) is 5.22 Å². The fraction of sp³-hybridized carbons (Fsp3) is 0.150. The van der Waals surface area contributed by atoms with Crippen molar-refractivity contribution in [1.29, 1.82) is 0 Å². The largest absolute Gasteiger partial charge is 0.416 e. The Morgan fingerprint density at radius 3 is 2.86 bits per heavy atom. The van der Waals surface area contributed by atoms with Crippen LogP contribution < -0.4 is 0 Å². The summed E-state index contributed by atoms with van der Waals surface area (Å²) < 4.78 is 19.4. The number of aryl methyl sites for hydroxylation is 1. The monoisotopic (exact) mass is 415 g/mol. The van der Waals surface area contributed by atoms with Gasteiger partial charge in [-0.25, -0.2) is 4.39 Å². The maximum Gasteiger partial charge on any atom is 0.277 e. The standard InChI is InChI=1S/C20H15ClFN3O2S/c1-11-19(12-5-2-3-8-16(12)23-11)17(26)10-28-20-25-24-18(27-20)9-13-14(21)6-4-7-15(13)22/h2-8,23H,9-10H2,1H3. The minimum Gasteiger partial charge on any atom is -0.416 e. The van der Waals surface area contributed by atoms with Crippen LogP contribution in [0, 0.1) is 12.7 Å². The van der Waals surface area contributed by atoms with E-state index in [1.54, 1.807) is 6.07 Å². The van der Waals surface area contributed by atoms with E-state index in [2.05, 4.69) is 15.2 Å². The van der Waals surface area contributed by atoms with Crippen LogP contribution in [0.3, 0.4) is 0 Å². The van der Waals surface area contributed by atoms with Crippen molar-refractivity contribution in [3.8, 4) is 0 Å². The van der Waals surface area contributed by atoms with Crippen molar-refractivity contribution in [2.75, 3.05) is 5.75 Å². The van der Waals surface area contributed by atoms with Gasteiger partial charge in [-0.1, -0.05) is 47.6 Å². The summed E-state index contributed by atoms with van der Waals surface area (Å²) in [5.74, 6) is -0.0583. The molecular weight excluding hydrogens is 401 g/mol. The molecule has 0 atom stereocenters. The first-order valence-corrected chi connectivity index (χ1v) is 9.88. The molecule has 0 saturated heterocycles. The number of aromatic nitrogens is 3. The molecule has 4 aromatic rings. The normalized spacial score (nSPS) is 11.2. The quantitative estimate of drug-likeness (QED) is 0.345. The molecule has 0 amide bonds. The van der Waals surface area contributed by atoms with Gasteiger partial charge in [0.15, 0.2) is 5.78 Å². The van der Waals surface area contributed by atoms with Gasteiger partial charge in [0, 0.05) is 32.7 Å². The number of carbonyl (C=O) groups excluding carboxylic acids is 1. The van der Waals surface area contributed by atoms with Crippen molar-refractivity contribution < 1.29 is 13.6 Å². The third-order valence-electron chi connectivity index (χ3n) is 4.34. The van der Waals surface area contributed by atoms with Crippen molar-refractivity contribution in [2.45, 2.75) is 18.6 Å². The van der Waals surface area contributed by atoms with Gasteiger partial charge in [-0.2, -0.15) is 0 Å². The molecule has 142 valence electrons. The van der Waals surface area contributed by atoms with Gasteiger partial charge < -0.3 is 9.40 Å². The number of benzene rings is 2. The van der Waals surface area contributed by atoms with Gasteiger partial charge in [-0.05, 0) is 25.1 Å². The summed E-state index contributed by atoms with van der Waals surface area (Å²) in [6.45, 7) is 1.88. The molecule has 0 aliphatic rings. The molecule has 8 heteroatoms. The Morgan fingerprint density at radius 2 is 2.04 bits per heavy atom. The molecule has 0 spiro atoms. The average molecular weight is 416 g/mol. The molecule has 5 nitrogen and oxygen atoms in total. The summed E-state index contributed by atoms with van der Waals surface area (Å²) >= 11 is 7.18. The molecular formula is C20H15ClFN3O2S. The number of fused-ring (bicyclic) bond motifs is 1. The van der Waals surface area contributed by atoms with Gasteiger partial charge in [-0.3, -0.25) is 4.79 Å². The highest BCUT2D eigenvalue weighted by Crippen LogP contribution is 2.26. The summed E-state index contributed by atoms with van der Waals surface area (Å²) in [4.78, 5) is 15.9. The number of hydrogen-bond acceptors (Lipinski definition) is 5. The molecule has 4 rings (SSSR count). The Labute approximate surface area is 169 Å². The smallest absolute Gasteiger partial charge is 0.277 e. The molecule has 2 heterocycles. The van der Waals surface area contributed by atoms with Crippen LogP contribution in [0.15, 0.2) is 52.1 Å². The Hall–Kier alpha value is -2.64. The van der Waals surface area contributed by atoms with Crippen molar-refractivity contribution in [2.24, 2.45) is 0 Å². The number of nitrogens with zero attached hydrogens (tertiary/aromatic N) is 2. The minimum atomic E-state index is -0.426. The number of H-pyrrole nitrogens is 1. The van der Waals surface area contributed by atoms with Gasteiger partial charge in [0.1, 0.15) is 5.82 Å². The summed E-state index contributed by atoms with van der Waals surface area (Å²) in [7, 11) is 0. The van der Waals surface area contributed by atoms with Crippen molar-refractivity contribution in [1.82, 2.24) is 15.2 Å². The van der Waals surface area contributed by atoms with Crippen LogP contribution in [0.25, 0.3) is 10.9 Å². The number of hydrogen-bond donors (Lipinski definition) is 1. The first kappa shape index (κ1) is 18.7. The number of carbonyl (C=O) groups is 1. The van der Waals surface area contributed by atoms with Gasteiger partial charge in [0.2, 0.25) is 5.89 Å². The van der Waals surface area contributed by atoms with Crippen LogP contribution in [0.1, 0.15) is 27.5 Å². The fourth-order valence-corrected chi connectivity index (χ4v) is 3.94. The number of rotatable bonds is 6. The molecule has 2 aromatic heterocycles. The van der Waals surface area contributed by atoms with E-state index in [0.29, 0.717) is 16.1 Å². The number of para-hydroxylation sites is 1. The van der Waals surface area contributed by atoms with E-state index in [1.165, 1.54) is 12.1 Å². The zero-order valence-electron chi connectivity index (χ0n) is 14.8. The molecule has 2 aromatic carbocycles. The number of halogens is 2. The lowest BCUT2D eigenvalue weighted by atomic mass is 10.1. The third kappa shape index (κ3) is 3.68. The lowest BCUT2D eigenvalue weighted by Gasteiger charge is -2.02. The fourth-order valence-electron chi connectivity index (χ4n) is 3.06. The maximum absolute atomic E-state index is 13.9. The van der Waals surface area contributed by atoms with E-state index in [1.807, 2.05) is 31.2 Å². The summed E-state index contributed by atoms with van der Waals surface area (Å²) in [6, 6.07) is 12.1. The highest BCUT2D eigenvalue weighted by molar-refractivity contribution is 7.99. The first-order chi connectivity index (χ1) is 13.5.